The molecule has 1 N–H and O–H groups in total. The van der Waals surface area contributed by atoms with Crippen molar-refractivity contribution in [3.63, 3.8) is 0 Å². The van der Waals surface area contributed by atoms with Crippen LogP contribution in [0.25, 0.3) is 0 Å². The minimum Gasteiger partial charge on any atom is -0.334 e. The topological polar surface area (TPSA) is 29.9 Å². The van der Waals surface area contributed by atoms with E-state index in [0.717, 1.165) is 31.5 Å². The van der Waals surface area contributed by atoms with Crippen molar-refractivity contribution in [1.29, 1.82) is 0 Å². The van der Waals surface area contributed by atoms with Crippen LogP contribution in [0.15, 0.2) is 12.4 Å². The maximum Gasteiger partial charge on any atom is 0.122 e. The van der Waals surface area contributed by atoms with E-state index in [1.165, 1.54) is 44.3 Å². The highest BCUT2D eigenvalue weighted by Crippen LogP contribution is 2.29. The van der Waals surface area contributed by atoms with Crippen molar-refractivity contribution in [1.82, 2.24) is 14.9 Å². The van der Waals surface area contributed by atoms with Crippen molar-refractivity contribution in [2.24, 2.45) is 11.8 Å². The van der Waals surface area contributed by atoms with E-state index >= 15 is 0 Å². The Balaban J connectivity index is 1.62. The molecule has 2 rings (SSSR count). The number of nitrogens with zero attached hydrogens (tertiary/aromatic N) is 2. The van der Waals surface area contributed by atoms with Gasteiger partial charge in [-0.3, -0.25) is 0 Å². The molecule has 1 heterocycles. The van der Waals surface area contributed by atoms with E-state index in [0.29, 0.717) is 0 Å². The molecule has 0 aromatic carbocycles. The molecular formula is C16H29N3. The first-order valence-electron chi connectivity index (χ1n) is 8.00. The van der Waals surface area contributed by atoms with Crippen LogP contribution >= 0.6 is 0 Å². The Hall–Kier alpha value is -0.830. The quantitative estimate of drug-likeness (QED) is 0.762. The van der Waals surface area contributed by atoms with E-state index in [9.17, 15) is 0 Å². The summed E-state index contributed by atoms with van der Waals surface area (Å²) in [5, 5.41) is 3.56. The lowest BCUT2D eigenvalue weighted by Gasteiger charge is -2.26. The van der Waals surface area contributed by atoms with Gasteiger partial charge in [0.1, 0.15) is 5.82 Å². The molecule has 1 aromatic rings. The van der Waals surface area contributed by atoms with Crippen LogP contribution < -0.4 is 5.32 Å². The molecule has 1 aliphatic rings. The summed E-state index contributed by atoms with van der Waals surface area (Å²) in [5.74, 6) is 3.10. The maximum atomic E-state index is 4.43. The molecule has 19 heavy (non-hydrogen) atoms. The number of hydrogen-bond acceptors (Lipinski definition) is 2. The summed E-state index contributed by atoms with van der Waals surface area (Å²) in [6.45, 7) is 7.73. The normalized spacial score (nSPS) is 23.7. The molecule has 1 aromatic heterocycles. The fourth-order valence-electron chi connectivity index (χ4n) is 3.08. The number of rotatable bonds is 7. The van der Waals surface area contributed by atoms with Gasteiger partial charge in [-0.15, -0.1) is 0 Å². The van der Waals surface area contributed by atoms with Gasteiger partial charge in [-0.05, 0) is 31.2 Å². The van der Waals surface area contributed by atoms with E-state index in [4.69, 9.17) is 0 Å². The predicted octanol–water partition coefficient (Wildman–Crippen LogP) is 3.60. The second kappa shape index (κ2) is 7.68. The number of hydrogen-bond donors (Lipinski definition) is 1. The molecule has 0 amide bonds. The monoisotopic (exact) mass is 263 g/mol. The van der Waals surface area contributed by atoms with E-state index in [1.54, 1.807) is 0 Å². The van der Waals surface area contributed by atoms with Gasteiger partial charge in [0.25, 0.3) is 0 Å². The Bertz CT molecular complexity index is 351. The molecule has 0 bridgehead atoms. The van der Waals surface area contributed by atoms with Crippen molar-refractivity contribution >= 4 is 0 Å². The lowest BCUT2D eigenvalue weighted by Crippen LogP contribution is -2.22. The first kappa shape index (κ1) is 14.6. The van der Waals surface area contributed by atoms with Crippen molar-refractivity contribution < 1.29 is 0 Å². The molecule has 0 saturated heterocycles. The highest BCUT2D eigenvalue weighted by atomic mass is 15.1. The van der Waals surface area contributed by atoms with Crippen LogP contribution in [0.3, 0.4) is 0 Å². The Labute approximate surface area is 117 Å². The first-order valence-corrected chi connectivity index (χ1v) is 8.00. The number of aryl methyl sites for hydroxylation is 1. The van der Waals surface area contributed by atoms with Crippen molar-refractivity contribution in [2.75, 3.05) is 6.54 Å². The fourth-order valence-corrected chi connectivity index (χ4v) is 3.08. The highest BCUT2D eigenvalue weighted by Gasteiger charge is 2.17. The largest absolute Gasteiger partial charge is 0.334 e. The summed E-state index contributed by atoms with van der Waals surface area (Å²) >= 11 is 0. The van der Waals surface area contributed by atoms with Gasteiger partial charge in [0.05, 0.1) is 6.54 Å². The SMILES string of the molecule is CCCn1ccnc1CNCCC1CCC(C)CC1. The Morgan fingerprint density at radius 1 is 1.32 bits per heavy atom. The molecule has 0 atom stereocenters. The van der Waals surface area contributed by atoms with E-state index < -0.39 is 0 Å². The summed E-state index contributed by atoms with van der Waals surface area (Å²) in [4.78, 5) is 4.43. The third kappa shape index (κ3) is 4.64. The third-order valence-electron chi connectivity index (χ3n) is 4.41. The van der Waals surface area contributed by atoms with Crippen LogP contribution in [0.1, 0.15) is 58.2 Å². The van der Waals surface area contributed by atoms with Gasteiger partial charge < -0.3 is 9.88 Å². The van der Waals surface area contributed by atoms with Crippen molar-refractivity contribution in [2.45, 2.75) is 65.5 Å². The van der Waals surface area contributed by atoms with Crippen molar-refractivity contribution in [3.8, 4) is 0 Å². The first-order chi connectivity index (χ1) is 9.29. The summed E-state index contributed by atoms with van der Waals surface area (Å²) in [7, 11) is 0. The second-order valence-electron chi connectivity index (χ2n) is 6.13. The predicted molar refractivity (Wildman–Crippen MR) is 80.0 cm³/mol. The highest BCUT2D eigenvalue weighted by molar-refractivity contribution is 4.91. The lowest BCUT2D eigenvalue weighted by molar-refractivity contribution is 0.275. The standard InChI is InChI=1S/C16H29N3/c1-3-11-19-12-10-18-16(19)13-17-9-8-15-6-4-14(2)5-7-15/h10,12,14-15,17H,3-9,11,13H2,1-2H3. The van der Waals surface area contributed by atoms with Crippen molar-refractivity contribution in [3.05, 3.63) is 18.2 Å². The zero-order valence-corrected chi connectivity index (χ0v) is 12.6. The van der Waals surface area contributed by atoms with Gasteiger partial charge in [0, 0.05) is 18.9 Å². The summed E-state index contributed by atoms with van der Waals surface area (Å²) < 4.78 is 2.26. The fraction of sp³-hybridized carbons (Fsp3) is 0.812. The van der Waals surface area contributed by atoms with Gasteiger partial charge in [0.15, 0.2) is 0 Å². The molecule has 1 aliphatic carbocycles. The summed E-state index contributed by atoms with van der Waals surface area (Å²) in [5.41, 5.74) is 0. The Morgan fingerprint density at radius 2 is 2.11 bits per heavy atom. The van der Waals surface area contributed by atoms with Crippen LogP contribution in [-0.2, 0) is 13.1 Å². The number of nitrogens with one attached hydrogen (secondary N) is 1. The van der Waals surface area contributed by atoms with Crippen LogP contribution in [-0.4, -0.2) is 16.1 Å². The molecule has 1 fully saturated rings. The van der Waals surface area contributed by atoms with E-state index in [-0.39, 0.29) is 0 Å². The smallest absolute Gasteiger partial charge is 0.122 e. The molecule has 1 saturated carbocycles. The van der Waals surface area contributed by atoms with Crippen LogP contribution in [0.4, 0.5) is 0 Å². The number of imidazole rings is 1. The molecule has 0 radical (unpaired) electrons. The zero-order chi connectivity index (χ0) is 13.5. The van der Waals surface area contributed by atoms with Gasteiger partial charge >= 0.3 is 0 Å². The van der Waals surface area contributed by atoms with Gasteiger partial charge in [0.2, 0.25) is 0 Å². The average molecular weight is 263 g/mol. The molecule has 0 aliphatic heterocycles. The second-order valence-corrected chi connectivity index (χ2v) is 6.13. The summed E-state index contributed by atoms with van der Waals surface area (Å²) in [6, 6.07) is 0. The van der Waals surface area contributed by atoms with Gasteiger partial charge in [-0.25, -0.2) is 4.98 Å². The average Bonchev–Trinajstić information content (AvgIpc) is 2.85. The molecule has 0 spiro atoms. The minimum absolute atomic E-state index is 0.913. The Morgan fingerprint density at radius 3 is 2.84 bits per heavy atom. The molecule has 108 valence electrons. The van der Waals surface area contributed by atoms with Gasteiger partial charge in [-0.1, -0.05) is 39.5 Å². The minimum atomic E-state index is 0.913. The number of aromatic nitrogens is 2. The van der Waals surface area contributed by atoms with Crippen LogP contribution in [0.5, 0.6) is 0 Å². The van der Waals surface area contributed by atoms with E-state index in [2.05, 4.69) is 34.9 Å². The lowest BCUT2D eigenvalue weighted by atomic mass is 9.81. The van der Waals surface area contributed by atoms with E-state index in [1.807, 2.05) is 6.20 Å². The third-order valence-corrected chi connectivity index (χ3v) is 4.41. The van der Waals surface area contributed by atoms with Crippen LogP contribution in [0.2, 0.25) is 0 Å². The summed E-state index contributed by atoms with van der Waals surface area (Å²) in [6.07, 6.45) is 12.3. The molecule has 3 heteroatoms. The van der Waals surface area contributed by atoms with Crippen LogP contribution in [0, 0.1) is 11.8 Å². The zero-order valence-electron chi connectivity index (χ0n) is 12.6. The maximum absolute atomic E-state index is 4.43. The molecular weight excluding hydrogens is 234 g/mol. The molecule has 0 unspecified atom stereocenters. The molecule has 3 nitrogen and oxygen atoms in total. The van der Waals surface area contributed by atoms with Gasteiger partial charge in [-0.2, -0.15) is 0 Å². The Kier molecular flexibility index (Phi) is 5.90.